The maximum atomic E-state index is 11.1. The van der Waals surface area contributed by atoms with Crippen molar-refractivity contribution in [2.45, 2.75) is 12.7 Å². The summed E-state index contributed by atoms with van der Waals surface area (Å²) in [6.07, 6.45) is -5.36. The van der Waals surface area contributed by atoms with Crippen LogP contribution in [0, 0.1) is 0 Å². The van der Waals surface area contributed by atoms with E-state index in [9.17, 15) is 4.79 Å². The van der Waals surface area contributed by atoms with Crippen molar-refractivity contribution in [2.24, 2.45) is 0 Å². The molecule has 0 aromatic carbocycles. The Morgan fingerprint density at radius 2 is 2.14 bits per heavy atom. The molecule has 0 radical (unpaired) electrons. The summed E-state index contributed by atoms with van der Waals surface area (Å²) in [6, 6.07) is 0. The highest BCUT2D eigenvalue weighted by molar-refractivity contribution is 5.78. The van der Waals surface area contributed by atoms with Crippen LogP contribution in [0.5, 0.6) is 0 Å². The molecular weight excluding hydrogens is 92.1 g/mol. The first kappa shape index (κ1) is 1.32. The largest absolute Gasteiger partial charge is 0.381 e. The summed E-state index contributed by atoms with van der Waals surface area (Å²) in [7, 11) is 0. The summed E-state index contributed by atoms with van der Waals surface area (Å²) in [6.45, 7) is -3.65. The predicted octanol–water partition coefficient (Wildman–Crippen LogP) is 0.366. The summed E-state index contributed by atoms with van der Waals surface area (Å²) < 4.78 is 46.6. The minimum absolute atomic E-state index is 1.40. The van der Waals surface area contributed by atoms with Gasteiger partial charge in [0, 0.05) is 18.2 Å². The highest BCUT2D eigenvalue weighted by Gasteiger charge is 2.06. The maximum Gasteiger partial charge on any atom is 0.137 e. The van der Waals surface area contributed by atoms with Crippen LogP contribution in [0.1, 0.15) is 21.0 Å². The van der Waals surface area contributed by atoms with E-state index in [0.717, 1.165) is 0 Å². The fourth-order valence-corrected chi connectivity index (χ4v) is 0.251. The third kappa shape index (κ3) is 1.27. The van der Waals surface area contributed by atoms with Crippen LogP contribution in [-0.4, -0.2) is 18.9 Å². The number of carbonyl (C=O) groups excluding carboxylic acids is 1. The summed E-state index contributed by atoms with van der Waals surface area (Å²) >= 11 is 0. The molecule has 0 aliphatic carbocycles. The van der Waals surface area contributed by atoms with Crippen LogP contribution in [0.25, 0.3) is 0 Å². The van der Waals surface area contributed by atoms with E-state index in [1.54, 1.807) is 0 Å². The lowest BCUT2D eigenvalue weighted by atomic mass is 10.2. The molecule has 2 atom stereocenters. The minimum atomic E-state index is -2.68. The van der Waals surface area contributed by atoms with Gasteiger partial charge in [0.1, 0.15) is 5.78 Å². The zero-order valence-corrected chi connectivity index (χ0v) is 3.47. The average molecular weight is 106 g/mol. The topological polar surface area (TPSA) is 26.3 Å². The third-order valence-electron chi connectivity index (χ3n) is 0.516. The summed E-state index contributed by atoms with van der Waals surface area (Å²) in [5, 5.41) is 0. The highest BCUT2D eigenvalue weighted by atomic mass is 16.5. The Hall–Kier alpha value is -0.370. The van der Waals surface area contributed by atoms with Crippen LogP contribution in [-0.2, 0) is 9.53 Å². The van der Waals surface area contributed by atoms with E-state index in [1.807, 2.05) is 0 Å². The lowest BCUT2D eigenvalue weighted by molar-refractivity contribution is -0.124. The van der Waals surface area contributed by atoms with Crippen molar-refractivity contribution in [3.05, 3.63) is 0 Å². The van der Waals surface area contributed by atoms with Gasteiger partial charge in [0.25, 0.3) is 0 Å². The smallest absolute Gasteiger partial charge is 0.137 e. The van der Waals surface area contributed by atoms with E-state index < -0.39 is 31.7 Å². The molecule has 1 rings (SSSR count). The maximum absolute atomic E-state index is 11.1. The molecule has 40 valence electrons. The summed E-state index contributed by atoms with van der Waals surface area (Å²) in [5.74, 6) is -1.40. The van der Waals surface area contributed by atoms with Gasteiger partial charge >= 0.3 is 0 Å². The van der Waals surface area contributed by atoms with E-state index in [2.05, 4.69) is 4.74 Å². The van der Waals surface area contributed by atoms with Crippen molar-refractivity contribution in [3.63, 3.8) is 0 Å². The fraction of sp³-hybridized carbons (Fsp3) is 0.800. The number of ketones is 1. The predicted molar refractivity (Wildman–Crippen MR) is 25.1 cm³/mol. The number of hydrogen-bond acceptors (Lipinski definition) is 2. The van der Waals surface area contributed by atoms with Gasteiger partial charge in [-0.05, 0) is 0 Å². The van der Waals surface area contributed by atoms with Gasteiger partial charge in [-0.15, -0.1) is 0 Å². The minimum Gasteiger partial charge on any atom is -0.381 e. The van der Waals surface area contributed by atoms with Gasteiger partial charge in [0.05, 0.1) is 15.9 Å². The van der Waals surface area contributed by atoms with Crippen molar-refractivity contribution in [1.82, 2.24) is 0 Å². The van der Waals surface area contributed by atoms with Gasteiger partial charge in [0.15, 0.2) is 0 Å². The van der Waals surface area contributed by atoms with E-state index >= 15 is 0 Å². The lowest BCUT2D eigenvalue weighted by Crippen LogP contribution is -2.14. The second-order valence-electron chi connectivity index (χ2n) is 0.990. The number of hydrogen-bond donors (Lipinski definition) is 0. The van der Waals surface area contributed by atoms with Gasteiger partial charge in [-0.25, -0.2) is 0 Å². The van der Waals surface area contributed by atoms with Gasteiger partial charge in [-0.2, -0.15) is 0 Å². The number of ether oxygens (including phenoxy) is 1. The standard InChI is InChI=1S/C5H8O2/c6-5-1-3-7-4-2-5/h1-4H2/i1D2,2D2,3D,4D. The van der Waals surface area contributed by atoms with Gasteiger partial charge in [-0.1, -0.05) is 0 Å². The molecule has 2 nitrogen and oxygen atoms in total. The Bertz CT molecular complexity index is 217. The number of Topliss-reactive ketones (excluding diaryl/α,β-unsaturated/α-hetero) is 1. The van der Waals surface area contributed by atoms with Crippen molar-refractivity contribution in [1.29, 1.82) is 0 Å². The van der Waals surface area contributed by atoms with Crippen LogP contribution in [0.15, 0.2) is 0 Å². The van der Waals surface area contributed by atoms with E-state index in [4.69, 9.17) is 8.22 Å². The van der Waals surface area contributed by atoms with Crippen LogP contribution in [0.2, 0.25) is 0 Å². The lowest BCUT2D eigenvalue weighted by Gasteiger charge is -2.07. The zero-order valence-electron chi connectivity index (χ0n) is 9.47. The second kappa shape index (κ2) is 2.07. The molecule has 1 aliphatic rings. The molecular formula is C5H8O2. The van der Waals surface area contributed by atoms with Crippen molar-refractivity contribution in [3.8, 4) is 0 Å². The van der Waals surface area contributed by atoms with Crippen molar-refractivity contribution < 1.29 is 17.8 Å². The van der Waals surface area contributed by atoms with Crippen LogP contribution >= 0.6 is 0 Å². The van der Waals surface area contributed by atoms with E-state index in [0.29, 0.717) is 0 Å². The van der Waals surface area contributed by atoms with E-state index in [1.165, 1.54) is 0 Å². The molecule has 2 heteroatoms. The Morgan fingerprint density at radius 1 is 1.57 bits per heavy atom. The monoisotopic (exact) mass is 106 g/mol. The first-order valence-corrected chi connectivity index (χ1v) is 1.75. The fourth-order valence-electron chi connectivity index (χ4n) is 0.251. The molecule has 7 heavy (non-hydrogen) atoms. The normalized spacial score (nSPS) is 70.6. The van der Waals surface area contributed by atoms with Gasteiger partial charge in [-0.3, -0.25) is 4.79 Å². The molecule has 1 saturated heterocycles. The third-order valence-corrected chi connectivity index (χ3v) is 0.516. The first-order chi connectivity index (χ1) is 5.70. The van der Waals surface area contributed by atoms with Crippen molar-refractivity contribution >= 4 is 5.78 Å². The van der Waals surface area contributed by atoms with Crippen molar-refractivity contribution in [2.75, 3.05) is 13.2 Å². The van der Waals surface area contributed by atoms with Crippen LogP contribution in [0.3, 0.4) is 0 Å². The average Bonchev–Trinajstić information content (AvgIpc) is 2.00. The molecule has 0 amide bonds. The Labute approximate surface area is 50.9 Å². The molecule has 1 aliphatic heterocycles. The molecule has 0 spiro atoms. The quantitative estimate of drug-likeness (QED) is 0.446. The second-order valence-corrected chi connectivity index (χ2v) is 0.990. The zero-order chi connectivity index (χ0) is 10.4. The highest BCUT2D eigenvalue weighted by Crippen LogP contribution is 1.98. The van der Waals surface area contributed by atoms with E-state index in [-0.39, 0.29) is 0 Å². The Morgan fingerprint density at radius 3 is 2.71 bits per heavy atom. The molecule has 1 heterocycles. The first-order valence-electron chi connectivity index (χ1n) is 4.91. The van der Waals surface area contributed by atoms with Gasteiger partial charge < -0.3 is 4.74 Å². The molecule has 0 aromatic rings. The summed E-state index contributed by atoms with van der Waals surface area (Å²) in [4.78, 5) is 11.1. The number of rotatable bonds is 0. The molecule has 0 saturated carbocycles. The molecule has 2 unspecified atom stereocenters. The van der Waals surface area contributed by atoms with Crippen LogP contribution < -0.4 is 0 Å². The molecule has 1 fully saturated rings. The Kier molecular flexibility index (Phi) is 0.390. The molecule has 0 N–H and O–H groups in total. The number of carbonyl (C=O) groups is 1. The van der Waals surface area contributed by atoms with Crippen LogP contribution in [0.4, 0.5) is 0 Å². The molecule has 0 bridgehead atoms. The van der Waals surface area contributed by atoms with Gasteiger partial charge in [0.2, 0.25) is 0 Å². The Balaban J connectivity index is 3.04. The SMILES string of the molecule is [2H]C1OC([2H])C([2H])([2H])C(=O)C1([2H])[2H]. The molecule has 0 aromatic heterocycles. The summed E-state index contributed by atoms with van der Waals surface area (Å²) in [5.41, 5.74) is 0.